The van der Waals surface area contributed by atoms with Crippen LogP contribution in [0, 0.1) is 6.92 Å². The van der Waals surface area contributed by atoms with Crippen molar-refractivity contribution in [2.45, 2.75) is 19.6 Å². The molecule has 0 amide bonds. The number of methoxy groups -OCH3 is 1. The minimum Gasteiger partial charge on any atom is -0.497 e. The predicted molar refractivity (Wildman–Crippen MR) is 102 cm³/mol. The molecule has 1 atom stereocenters. The Morgan fingerprint density at radius 1 is 1.31 bits per heavy atom. The second-order valence-corrected chi connectivity index (χ2v) is 6.81. The average Bonchev–Trinajstić information content (AvgIpc) is 3.02. The summed E-state index contributed by atoms with van der Waals surface area (Å²) >= 11 is 0. The average molecular weight is 352 g/mol. The van der Waals surface area contributed by atoms with Crippen LogP contribution in [0.4, 0.5) is 5.69 Å². The summed E-state index contributed by atoms with van der Waals surface area (Å²) in [6.45, 7) is 5.19. The zero-order valence-electron chi connectivity index (χ0n) is 15.2. The predicted octanol–water partition coefficient (Wildman–Crippen LogP) is 3.04. The molecule has 6 nitrogen and oxygen atoms in total. The van der Waals surface area contributed by atoms with Gasteiger partial charge >= 0.3 is 0 Å². The monoisotopic (exact) mass is 352 g/mol. The molecule has 1 aromatic carbocycles. The van der Waals surface area contributed by atoms with Gasteiger partial charge in [-0.2, -0.15) is 0 Å². The van der Waals surface area contributed by atoms with Gasteiger partial charge in [-0.05, 0) is 43.3 Å². The first-order chi connectivity index (χ1) is 12.6. The van der Waals surface area contributed by atoms with Crippen molar-refractivity contribution < 1.29 is 9.47 Å². The van der Waals surface area contributed by atoms with Crippen LogP contribution < -0.4 is 10.5 Å². The molecule has 0 unspecified atom stereocenters. The first-order valence-corrected chi connectivity index (χ1v) is 8.84. The third-order valence-corrected chi connectivity index (χ3v) is 4.75. The van der Waals surface area contributed by atoms with Crippen LogP contribution in [0.15, 0.2) is 36.4 Å². The second kappa shape index (κ2) is 6.97. The highest BCUT2D eigenvalue weighted by Crippen LogP contribution is 2.25. The number of benzene rings is 1. The van der Waals surface area contributed by atoms with E-state index in [1.807, 2.05) is 25.1 Å². The Hall–Kier alpha value is -2.57. The summed E-state index contributed by atoms with van der Waals surface area (Å²) in [5.41, 5.74) is 10.8. The van der Waals surface area contributed by atoms with Crippen molar-refractivity contribution in [3.63, 3.8) is 0 Å². The number of morpholine rings is 1. The normalized spacial score (nSPS) is 18.3. The van der Waals surface area contributed by atoms with Gasteiger partial charge in [-0.15, -0.1) is 0 Å². The molecule has 26 heavy (non-hydrogen) atoms. The van der Waals surface area contributed by atoms with E-state index >= 15 is 0 Å². The molecule has 1 fully saturated rings. The SMILES string of the molecule is COc1ccc2[nH]c(CN3CCO[C@H](c4cc(N)cc(C)n4)C3)cc2c1. The summed E-state index contributed by atoms with van der Waals surface area (Å²) in [5, 5.41) is 1.16. The van der Waals surface area contributed by atoms with Gasteiger partial charge in [-0.1, -0.05) is 0 Å². The van der Waals surface area contributed by atoms with Gasteiger partial charge in [-0.3, -0.25) is 9.88 Å². The van der Waals surface area contributed by atoms with Crippen molar-refractivity contribution in [3.05, 3.63) is 53.5 Å². The molecule has 136 valence electrons. The summed E-state index contributed by atoms with van der Waals surface area (Å²) in [4.78, 5) is 10.5. The van der Waals surface area contributed by atoms with E-state index in [0.29, 0.717) is 6.61 Å². The van der Waals surface area contributed by atoms with Gasteiger partial charge < -0.3 is 20.2 Å². The number of aromatic nitrogens is 2. The molecule has 0 spiro atoms. The van der Waals surface area contributed by atoms with Crippen LogP contribution in [0.2, 0.25) is 0 Å². The van der Waals surface area contributed by atoms with E-state index in [1.54, 1.807) is 7.11 Å². The van der Waals surface area contributed by atoms with Crippen LogP contribution in [0.1, 0.15) is 23.2 Å². The molecule has 0 bridgehead atoms. The lowest BCUT2D eigenvalue weighted by molar-refractivity contribution is -0.0353. The maximum atomic E-state index is 5.97. The van der Waals surface area contributed by atoms with Gasteiger partial charge in [0.25, 0.3) is 0 Å². The van der Waals surface area contributed by atoms with Crippen molar-refractivity contribution in [1.29, 1.82) is 0 Å². The summed E-state index contributed by atoms with van der Waals surface area (Å²) in [6.07, 6.45) is -0.0459. The van der Waals surface area contributed by atoms with E-state index in [2.05, 4.69) is 33.1 Å². The molecule has 3 heterocycles. The van der Waals surface area contributed by atoms with Crippen LogP contribution in [0.5, 0.6) is 5.75 Å². The number of aromatic amines is 1. The highest BCUT2D eigenvalue weighted by Gasteiger charge is 2.24. The Morgan fingerprint density at radius 3 is 3.00 bits per heavy atom. The van der Waals surface area contributed by atoms with E-state index in [4.69, 9.17) is 15.2 Å². The van der Waals surface area contributed by atoms with Gasteiger partial charge in [0, 0.05) is 47.6 Å². The zero-order valence-corrected chi connectivity index (χ0v) is 15.2. The number of nitrogen functional groups attached to an aromatic ring is 1. The second-order valence-electron chi connectivity index (χ2n) is 6.81. The number of nitrogens with two attached hydrogens (primary N) is 1. The Bertz CT molecular complexity index is 901. The highest BCUT2D eigenvalue weighted by atomic mass is 16.5. The summed E-state index contributed by atoms with van der Waals surface area (Å²) in [5.74, 6) is 0.873. The van der Waals surface area contributed by atoms with E-state index in [0.717, 1.165) is 53.4 Å². The summed E-state index contributed by atoms with van der Waals surface area (Å²) < 4.78 is 11.3. The maximum Gasteiger partial charge on any atom is 0.119 e. The quantitative estimate of drug-likeness (QED) is 0.755. The Kier molecular flexibility index (Phi) is 4.53. The Balaban J connectivity index is 1.49. The standard InChI is InChI=1S/C20H24N4O2/c1-13-7-15(21)10-19(22-13)20-12-24(5-6-26-20)11-16-8-14-9-17(25-2)3-4-18(14)23-16/h3-4,7-10,20,23H,5-6,11-12H2,1-2H3,(H2,21,22)/t20-/m0/s1. The van der Waals surface area contributed by atoms with Gasteiger partial charge in [0.05, 0.1) is 19.4 Å². The van der Waals surface area contributed by atoms with Gasteiger partial charge in [0.1, 0.15) is 11.9 Å². The van der Waals surface area contributed by atoms with Crippen molar-refractivity contribution in [3.8, 4) is 5.75 Å². The number of rotatable bonds is 4. The minimum absolute atomic E-state index is 0.0459. The fourth-order valence-corrected chi connectivity index (χ4v) is 3.54. The van der Waals surface area contributed by atoms with E-state index < -0.39 is 0 Å². The van der Waals surface area contributed by atoms with Crippen LogP contribution in [-0.4, -0.2) is 41.7 Å². The number of anilines is 1. The lowest BCUT2D eigenvalue weighted by Crippen LogP contribution is -2.38. The molecule has 3 N–H and O–H groups in total. The van der Waals surface area contributed by atoms with Crippen molar-refractivity contribution in [2.75, 3.05) is 32.5 Å². The molecule has 1 saturated heterocycles. The molecule has 3 aromatic rings. The fourth-order valence-electron chi connectivity index (χ4n) is 3.54. The van der Waals surface area contributed by atoms with Crippen LogP contribution in [0.3, 0.4) is 0 Å². The molecule has 0 saturated carbocycles. The molecule has 6 heteroatoms. The number of nitrogens with zero attached hydrogens (tertiary/aromatic N) is 2. The highest BCUT2D eigenvalue weighted by molar-refractivity contribution is 5.81. The van der Waals surface area contributed by atoms with E-state index in [9.17, 15) is 0 Å². The molecule has 0 aliphatic carbocycles. The minimum atomic E-state index is -0.0459. The first-order valence-electron chi connectivity index (χ1n) is 8.84. The van der Waals surface area contributed by atoms with E-state index in [1.165, 1.54) is 5.69 Å². The molecule has 1 aliphatic heterocycles. The Labute approximate surface area is 152 Å². The van der Waals surface area contributed by atoms with Crippen molar-refractivity contribution in [2.24, 2.45) is 0 Å². The number of ether oxygens (including phenoxy) is 2. The van der Waals surface area contributed by atoms with Gasteiger partial charge in [0.2, 0.25) is 0 Å². The first kappa shape index (κ1) is 16.9. The fraction of sp³-hybridized carbons (Fsp3) is 0.350. The Morgan fingerprint density at radius 2 is 2.19 bits per heavy atom. The number of fused-ring (bicyclic) bond motifs is 1. The summed E-state index contributed by atoms with van der Waals surface area (Å²) in [6, 6.07) is 12.1. The smallest absolute Gasteiger partial charge is 0.119 e. The molecular formula is C20H24N4O2. The van der Waals surface area contributed by atoms with Gasteiger partial charge in [0.15, 0.2) is 0 Å². The number of aryl methyl sites for hydroxylation is 1. The van der Waals surface area contributed by atoms with Crippen molar-refractivity contribution >= 4 is 16.6 Å². The maximum absolute atomic E-state index is 5.97. The number of hydrogen-bond donors (Lipinski definition) is 2. The topological polar surface area (TPSA) is 76.4 Å². The molecule has 4 rings (SSSR count). The third kappa shape index (κ3) is 3.52. The lowest BCUT2D eigenvalue weighted by Gasteiger charge is -2.32. The number of hydrogen-bond acceptors (Lipinski definition) is 5. The molecular weight excluding hydrogens is 328 g/mol. The third-order valence-electron chi connectivity index (χ3n) is 4.75. The van der Waals surface area contributed by atoms with Crippen LogP contribution >= 0.6 is 0 Å². The largest absolute Gasteiger partial charge is 0.497 e. The zero-order chi connectivity index (χ0) is 18.1. The number of nitrogens with one attached hydrogen (secondary N) is 1. The van der Waals surface area contributed by atoms with Gasteiger partial charge in [-0.25, -0.2) is 0 Å². The van der Waals surface area contributed by atoms with E-state index in [-0.39, 0.29) is 6.10 Å². The molecule has 0 radical (unpaired) electrons. The number of pyridine rings is 1. The van der Waals surface area contributed by atoms with Crippen LogP contribution in [-0.2, 0) is 11.3 Å². The molecule has 1 aliphatic rings. The molecule has 2 aromatic heterocycles. The van der Waals surface area contributed by atoms with Crippen molar-refractivity contribution in [1.82, 2.24) is 14.9 Å². The van der Waals surface area contributed by atoms with Crippen LogP contribution in [0.25, 0.3) is 10.9 Å². The number of H-pyrrole nitrogens is 1. The lowest BCUT2D eigenvalue weighted by atomic mass is 10.1. The summed E-state index contributed by atoms with van der Waals surface area (Å²) in [7, 11) is 1.69.